The summed E-state index contributed by atoms with van der Waals surface area (Å²) in [6, 6.07) is 0. The summed E-state index contributed by atoms with van der Waals surface area (Å²) in [6.45, 7) is 6.85. The molecule has 96 valence electrons. The molecule has 0 heterocycles. The maximum absolute atomic E-state index is 11.4. The molecule has 0 radical (unpaired) electrons. The Morgan fingerprint density at radius 1 is 1.19 bits per heavy atom. The Labute approximate surface area is 97.1 Å². The predicted octanol–water partition coefficient (Wildman–Crippen LogP) is 1.34. The molecular weight excluding hydrogens is 252 g/mol. The molecule has 16 heavy (non-hydrogen) atoms. The highest BCUT2D eigenvalue weighted by atomic mass is 32.2. The first-order valence-electron chi connectivity index (χ1n) is 4.89. The molecule has 8 heteroatoms. The van der Waals surface area contributed by atoms with Gasteiger partial charge >= 0.3 is 6.16 Å². The zero-order valence-electron chi connectivity index (χ0n) is 9.98. The molecule has 0 aliphatic rings. The van der Waals surface area contributed by atoms with Crippen molar-refractivity contribution in [3.05, 3.63) is 0 Å². The summed E-state index contributed by atoms with van der Waals surface area (Å²) in [6.07, 6.45) is -0.870. The molecule has 0 unspecified atom stereocenters. The molecule has 0 fully saturated rings. The molecule has 0 aromatic rings. The Balaban J connectivity index is 3.97. The number of carbonyl (C=O) groups is 1. The van der Waals surface area contributed by atoms with E-state index in [0.29, 0.717) is 0 Å². The summed E-state index contributed by atoms with van der Waals surface area (Å²) in [4.78, 5) is 10.7. The van der Waals surface area contributed by atoms with Crippen LogP contribution in [0.2, 0.25) is 19.6 Å². The fourth-order valence-electron chi connectivity index (χ4n) is 0.809. The number of hydrogen-bond acceptors (Lipinski definition) is 6. The van der Waals surface area contributed by atoms with Crippen LogP contribution in [0.25, 0.3) is 0 Å². The summed E-state index contributed by atoms with van der Waals surface area (Å²) in [5, 5.41) is 0. The van der Waals surface area contributed by atoms with Crippen molar-refractivity contribution >= 4 is 24.6 Å². The number of rotatable bonds is 6. The summed E-state index contributed by atoms with van der Waals surface area (Å²) >= 11 is 0. The first-order chi connectivity index (χ1) is 7.16. The van der Waals surface area contributed by atoms with Gasteiger partial charge in [0.05, 0.1) is 6.61 Å². The standard InChI is InChI=1S/C8H18O6SSi/c1-5-12-8(9)13-6-7-15(10,11)14-16(2,3)4/h5-7H2,1-4H3. The van der Waals surface area contributed by atoms with Crippen molar-refractivity contribution < 1.29 is 26.6 Å². The highest BCUT2D eigenvalue weighted by molar-refractivity contribution is 7.87. The zero-order chi connectivity index (χ0) is 12.8. The van der Waals surface area contributed by atoms with Crippen LogP contribution in [0.15, 0.2) is 0 Å². The molecule has 0 saturated carbocycles. The topological polar surface area (TPSA) is 78.9 Å². The molecule has 0 aromatic carbocycles. The van der Waals surface area contributed by atoms with Gasteiger partial charge in [-0.3, -0.25) is 0 Å². The van der Waals surface area contributed by atoms with E-state index in [2.05, 4.69) is 9.47 Å². The Bertz CT molecular complexity index is 318. The van der Waals surface area contributed by atoms with Gasteiger partial charge in [0.25, 0.3) is 10.1 Å². The van der Waals surface area contributed by atoms with E-state index in [4.69, 9.17) is 3.87 Å². The quantitative estimate of drug-likeness (QED) is 0.535. The van der Waals surface area contributed by atoms with Crippen LogP contribution >= 0.6 is 0 Å². The third-order valence-corrected chi connectivity index (χ3v) is 4.87. The molecule has 0 spiro atoms. The van der Waals surface area contributed by atoms with Crippen molar-refractivity contribution in [3.63, 3.8) is 0 Å². The molecule has 6 nitrogen and oxygen atoms in total. The predicted molar refractivity (Wildman–Crippen MR) is 61.2 cm³/mol. The summed E-state index contributed by atoms with van der Waals surface area (Å²) in [7, 11) is -5.77. The van der Waals surface area contributed by atoms with E-state index in [9.17, 15) is 13.2 Å². The monoisotopic (exact) mass is 270 g/mol. The maximum Gasteiger partial charge on any atom is 0.508 e. The second-order valence-electron chi connectivity index (χ2n) is 3.99. The second kappa shape index (κ2) is 6.21. The fourth-order valence-corrected chi connectivity index (χ4v) is 4.48. The van der Waals surface area contributed by atoms with Crippen molar-refractivity contribution in [2.45, 2.75) is 26.6 Å². The van der Waals surface area contributed by atoms with Crippen molar-refractivity contribution in [2.75, 3.05) is 19.0 Å². The number of hydrogen-bond donors (Lipinski definition) is 0. The molecule has 0 atom stereocenters. The van der Waals surface area contributed by atoms with Crippen LogP contribution in [0.1, 0.15) is 6.92 Å². The lowest BCUT2D eigenvalue weighted by molar-refractivity contribution is 0.0634. The smallest absolute Gasteiger partial charge is 0.435 e. The van der Waals surface area contributed by atoms with E-state index in [0.717, 1.165) is 0 Å². The molecule has 0 bridgehead atoms. The van der Waals surface area contributed by atoms with E-state index in [1.54, 1.807) is 26.6 Å². The molecule has 0 aromatic heterocycles. The lowest BCUT2D eigenvalue weighted by atomic mass is 10.8. The normalized spacial score (nSPS) is 12.2. The second-order valence-corrected chi connectivity index (χ2v) is 10.4. The molecule has 0 N–H and O–H groups in total. The van der Waals surface area contributed by atoms with E-state index >= 15 is 0 Å². The SMILES string of the molecule is CCOC(=O)OCCS(=O)(=O)O[Si](C)(C)C. The minimum atomic E-state index is -3.62. The van der Waals surface area contributed by atoms with Crippen LogP contribution in [0.4, 0.5) is 4.79 Å². The fraction of sp³-hybridized carbons (Fsp3) is 0.875. The van der Waals surface area contributed by atoms with Gasteiger partial charge in [0.1, 0.15) is 12.4 Å². The molecule has 0 amide bonds. The third kappa shape index (κ3) is 8.68. The Morgan fingerprint density at radius 2 is 1.75 bits per heavy atom. The van der Waals surface area contributed by atoms with Gasteiger partial charge in [-0.2, -0.15) is 0 Å². The number of ether oxygens (including phenoxy) is 2. The van der Waals surface area contributed by atoms with Crippen LogP contribution in [-0.4, -0.2) is 41.9 Å². The maximum atomic E-state index is 11.4. The zero-order valence-corrected chi connectivity index (χ0v) is 11.8. The molecular formula is C8H18O6SSi. The summed E-state index contributed by atoms with van der Waals surface area (Å²) in [5.74, 6) is -0.351. The van der Waals surface area contributed by atoms with Crippen LogP contribution in [0.5, 0.6) is 0 Å². The lowest BCUT2D eigenvalue weighted by Crippen LogP contribution is -2.31. The van der Waals surface area contributed by atoms with Gasteiger partial charge in [-0.05, 0) is 26.6 Å². The van der Waals surface area contributed by atoms with Crippen LogP contribution in [-0.2, 0) is 23.5 Å². The summed E-state index contributed by atoms with van der Waals surface area (Å²) in [5.41, 5.74) is 0. The average molecular weight is 270 g/mol. The Morgan fingerprint density at radius 3 is 2.19 bits per heavy atom. The summed E-state index contributed by atoms with van der Waals surface area (Å²) < 4.78 is 36.7. The van der Waals surface area contributed by atoms with Crippen LogP contribution in [0, 0.1) is 0 Å². The molecule has 0 saturated heterocycles. The molecule has 0 rings (SSSR count). The van der Waals surface area contributed by atoms with E-state index < -0.39 is 24.6 Å². The van der Waals surface area contributed by atoms with Gasteiger partial charge in [-0.1, -0.05) is 0 Å². The van der Waals surface area contributed by atoms with Gasteiger partial charge in [0.2, 0.25) is 8.32 Å². The van der Waals surface area contributed by atoms with Crippen LogP contribution < -0.4 is 0 Å². The third-order valence-electron chi connectivity index (χ3n) is 1.19. The number of carbonyl (C=O) groups excluding carboxylic acids is 1. The highest BCUT2D eigenvalue weighted by Crippen LogP contribution is 2.08. The van der Waals surface area contributed by atoms with Crippen molar-refractivity contribution in [1.29, 1.82) is 0 Å². The van der Waals surface area contributed by atoms with E-state index in [1.807, 2.05) is 0 Å². The van der Waals surface area contributed by atoms with E-state index in [-0.39, 0.29) is 19.0 Å². The Kier molecular flexibility index (Phi) is 5.98. The van der Waals surface area contributed by atoms with Crippen molar-refractivity contribution in [1.82, 2.24) is 0 Å². The van der Waals surface area contributed by atoms with Gasteiger partial charge in [-0.25, -0.2) is 13.2 Å². The minimum absolute atomic E-state index is 0.191. The first-order valence-corrected chi connectivity index (χ1v) is 9.88. The lowest BCUT2D eigenvalue weighted by Gasteiger charge is -2.16. The molecule has 0 aliphatic carbocycles. The Hall–Kier alpha value is -0.603. The first kappa shape index (κ1) is 15.4. The van der Waals surface area contributed by atoms with Gasteiger partial charge in [-0.15, -0.1) is 0 Å². The highest BCUT2D eigenvalue weighted by Gasteiger charge is 2.24. The van der Waals surface area contributed by atoms with Gasteiger partial charge in [0.15, 0.2) is 0 Å². The van der Waals surface area contributed by atoms with Crippen molar-refractivity contribution in [2.24, 2.45) is 0 Å². The van der Waals surface area contributed by atoms with Gasteiger partial charge in [0, 0.05) is 0 Å². The molecule has 0 aliphatic heterocycles. The minimum Gasteiger partial charge on any atom is -0.435 e. The largest absolute Gasteiger partial charge is 0.508 e. The average Bonchev–Trinajstić information content (AvgIpc) is 1.98. The van der Waals surface area contributed by atoms with Crippen molar-refractivity contribution in [3.8, 4) is 0 Å². The van der Waals surface area contributed by atoms with Gasteiger partial charge < -0.3 is 13.3 Å². The van der Waals surface area contributed by atoms with E-state index in [1.165, 1.54) is 0 Å². The van der Waals surface area contributed by atoms with Crippen LogP contribution in [0.3, 0.4) is 0 Å².